The van der Waals surface area contributed by atoms with Gasteiger partial charge >= 0.3 is 0 Å². The quantitative estimate of drug-likeness (QED) is 0.483. The molecule has 1 unspecified atom stereocenters. The molecule has 1 aromatic rings. The van der Waals surface area contributed by atoms with Crippen LogP contribution in [0.4, 0.5) is 5.82 Å². The van der Waals surface area contributed by atoms with E-state index in [0.29, 0.717) is 31.0 Å². The zero-order valence-electron chi connectivity index (χ0n) is 9.81. The van der Waals surface area contributed by atoms with Gasteiger partial charge in [-0.15, -0.1) is 0 Å². The molecule has 0 aromatic carbocycles. The van der Waals surface area contributed by atoms with Gasteiger partial charge in [-0.05, 0) is 19.1 Å². The molecule has 1 heterocycles. The third-order valence-corrected chi connectivity index (χ3v) is 2.11. The van der Waals surface area contributed by atoms with Gasteiger partial charge in [0.1, 0.15) is 5.82 Å². The highest BCUT2D eigenvalue weighted by molar-refractivity contribution is 5.97. The van der Waals surface area contributed by atoms with Gasteiger partial charge in [-0.2, -0.15) is 0 Å². The molecule has 94 valence electrons. The van der Waals surface area contributed by atoms with Crippen LogP contribution in [0.25, 0.3) is 0 Å². The monoisotopic (exact) mass is 238 g/mol. The molecule has 0 fully saturated rings. The van der Waals surface area contributed by atoms with Gasteiger partial charge in [0, 0.05) is 25.8 Å². The lowest BCUT2D eigenvalue weighted by Crippen LogP contribution is -2.29. The number of carbonyl (C=O) groups excluding carboxylic acids is 1. The van der Waals surface area contributed by atoms with Crippen molar-refractivity contribution < 1.29 is 9.90 Å². The van der Waals surface area contributed by atoms with Crippen LogP contribution in [-0.4, -0.2) is 41.7 Å². The van der Waals surface area contributed by atoms with E-state index in [2.05, 4.69) is 15.6 Å². The first-order valence-electron chi connectivity index (χ1n) is 5.48. The Labute approximate surface area is 100 Å². The highest BCUT2D eigenvalue weighted by Gasteiger charge is 2.07. The second-order valence-corrected chi connectivity index (χ2v) is 3.74. The zero-order valence-corrected chi connectivity index (χ0v) is 9.81. The number of amides is 1. The van der Waals surface area contributed by atoms with E-state index in [9.17, 15) is 4.79 Å². The third kappa shape index (κ3) is 4.80. The molecule has 0 aliphatic carbocycles. The second kappa shape index (κ2) is 6.82. The number of carbonyl (C=O) groups is 1. The molecule has 0 spiro atoms. The Bertz CT molecular complexity index is 368. The smallest absolute Gasteiger partial charge is 0.252 e. The van der Waals surface area contributed by atoms with Gasteiger partial charge in [-0.1, -0.05) is 0 Å². The summed E-state index contributed by atoms with van der Waals surface area (Å²) in [5, 5.41) is 15.1. The number of rotatable bonds is 7. The Morgan fingerprint density at radius 3 is 3.00 bits per heavy atom. The fraction of sp³-hybridized carbons (Fsp3) is 0.455. The molecule has 6 heteroatoms. The predicted octanol–water partition coefficient (Wildman–Crippen LogP) is -0.437. The molecular weight excluding hydrogens is 220 g/mol. The lowest BCUT2D eigenvalue weighted by Gasteiger charge is -2.10. The average molecular weight is 238 g/mol. The molecule has 1 aromatic heterocycles. The van der Waals surface area contributed by atoms with E-state index < -0.39 is 5.91 Å². The zero-order chi connectivity index (χ0) is 12.7. The number of aliphatic hydroxyl groups is 1. The number of hydrogen-bond donors (Lipinski definition) is 4. The van der Waals surface area contributed by atoms with Gasteiger partial charge < -0.3 is 21.5 Å². The summed E-state index contributed by atoms with van der Waals surface area (Å²) >= 11 is 0. The van der Waals surface area contributed by atoms with Gasteiger partial charge in [0.25, 0.3) is 5.91 Å². The first kappa shape index (κ1) is 13.4. The lowest BCUT2D eigenvalue weighted by atomic mass is 10.2. The number of pyridine rings is 1. The van der Waals surface area contributed by atoms with Crippen LogP contribution in [0, 0.1) is 0 Å². The van der Waals surface area contributed by atoms with Gasteiger partial charge in [0.15, 0.2) is 0 Å². The Morgan fingerprint density at radius 1 is 1.59 bits per heavy atom. The molecule has 0 radical (unpaired) electrons. The molecule has 17 heavy (non-hydrogen) atoms. The summed E-state index contributed by atoms with van der Waals surface area (Å²) in [6.07, 6.45) is 1.23. The molecule has 0 saturated heterocycles. The summed E-state index contributed by atoms with van der Waals surface area (Å²) in [7, 11) is 0. The number of primary amides is 1. The van der Waals surface area contributed by atoms with Crippen LogP contribution in [0.3, 0.4) is 0 Å². The van der Waals surface area contributed by atoms with Crippen molar-refractivity contribution >= 4 is 11.7 Å². The lowest BCUT2D eigenvalue weighted by molar-refractivity contribution is 0.100. The number of anilines is 1. The molecule has 1 rings (SSSR count). The predicted molar refractivity (Wildman–Crippen MR) is 65.8 cm³/mol. The number of nitrogens with one attached hydrogen (secondary N) is 2. The highest BCUT2D eigenvalue weighted by Crippen LogP contribution is 2.09. The maximum absolute atomic E-state index is 11.1. The van der Waals surface area contributed by atoms with Crippen molar-refractivity contribution in [2.45, 2.75) is 13.0 Å². The topological polar surface area (TPSA) is 100 Å². The highest BCUT2D eigenvalue weighted by atomic mass is 16.3. The van der Waals surface area contributed by atoms with Crippen molar-refractivity contribution in [3.05, 3.63) is 23.9 Å². The van der Waals surface area contributed by atoms with Crippen molar-refractivity contribution in [3.8, 4) is 0 Å². The van der Waals surface area contributed by atoms with E-state index in [1.54, 1.807) is 25.3 Å². The maximum Gasteiger partial charge on any atom is 0.252 e. The van der Waals surface area contributed by atoms with Crippen LogP contribution >= 0.6 is 0 Å². The Hall–Kier alpha value is -1.66. The minimum absolute atomic E-state index is 0.369. The van der Waals surface area contributed by atoms with E-state index in [4.69, 9.17) is 10.8 Å². The molecule has 0 bridgehead atoms. The molecule has 0 saturated carbocycles. The van der Waals surface area contributed by atoms with Crippen molar-refractivity contribution in [1.29, 1.82) is 0 Å². The normalized spacial score (nSPS) is 12.1. The molecule has 1 amide bonds. The van der Waals surface area contributed by atoms with Crippen LogP contribution < -0.4 is 16.4 Å². The fourth-order valence-electron chi connectivity index (χ4n) is 1.33. The largest absolute Gasteiger partial charge is 0.392 e. The van der Waals surface area contributed by atoms with Gasteiger partial charge in [0.05, 0.1) is 11.7 Å². The first-order valence-corrected chi connectivity index (χ1v) is 5.48. The Kier molecular flexibility index (Phi) is 5.38. The number of aliphatic hydroxyl groups excluding tert-OH is 1. The minimum atomic E-state index is -0.502. The summed E-state index contributed by atoms with van der Waals surface area (Å²) < 4.78 is 0. The Morgan fingerprint density at radius 2 is 2.35 bits per heavy atom. The van der Waals surface area contributed by atoms with E-state index in [1.807, 2.05) is 0 Å². The molecular formula is C11H18N4O2. The number of nitrogens with zero attached hydrogens (tertiary/aromatic N) is 1. The average Bonchev–Trinajstić information content (AvgIpc) is 2.28. The molecule has 5 N–H and O–H groups in total. The summed E-state index contributed by atoms with van der Waals surface area (Å²) in [5.74, 6) is -0.0172. The molecule has 0 aliphatic rings. The van der Waals surface area contributed by atoms with Crippen LogP contribution in [0.1, 0.15) is 17.3 Å². The fourth-order valence-corrected chi connectivity index (χ4v) is 1.33. The van der Waals surface area contributed by atoms with E-state index in [-0.39, 0.29) is 6.10 Å². The van der Waals surface area contributed by atoms with Crippen LogP contribution in [0.2, 0.25) is 0 Å². The summed E-state index contributed by atoms with van der Waals surface area (Å²) in [6.45, 7) is 3.51. The summed E-state index contributed by atoms with van der Waals surface area (Å²) in [6, 6.07) is 3.29. The Balaban J connectivity index is 2.39. The number of aromatic nitrogens is 1. The van der Waals surface area contributed by atoms with Gasteiger partial charge in [-0.25, -0.2) is 4.98 Å². The maximum atomic E-state index is 11.1. The third-order valence-electron chi connectivity index (χ3n) is 2.11. The number of nitrogens with two attached hydrogens (primary N) is 1. The standard InChI is InChI=1S/C11H18N4O2/c1-8(16)7-13-5-6-15-11-9(10(12)17)3-2-4-14-11/h2-4,8,13,16H,5-7H2,1H3,(H2,12,17)(H,14,15). The number of hydrogen-bond acceptors (Lipinski definition) is 5. The van der Waals surface area contributed by atoms with E-state index in [0.717, 1.165) is 0 Å². The van der Waals surface area contributed by atoms with Crippen molar-refractivity contribution in [3.63, 3.8) is 0 Å². The molecule has 0 aliphatic heterocycles. The van der Waals surface area contributed by atoms with E-state index >= 15 is 0 Å². The molecule has 6 nitrogen and oxygen atoms in total. The summed E-state index contributed by atoms with van der Waals surface area (Å²) in [5.41, 5.74) is 5.59. The van der Waals surface area contributed by atoms with Crippen LogP contribution in [-0.2, 0) is 0 Å². The van der Waals surface area contributed by atoms with Crippen LogP contribution in [0.15, 0.2) is 18.3 Å². The first-order chi connectivity index (χ1) is 8.11. The van der Waals surface area contributed by atoms with Crippen molar-refractivity contribution in [1.82, 2.24) is 10.3 Å². The summed E-state index contributed by atoms with van der Waals surface area (Å²) in [4.78, 5) is 15.1. The second-order valence-electron chi connectivity index (χ2n) is 3.74. The van der Waals surface area contributed by atoms with Crippen molar-refractivity contribution in [2.24, 2.45) is 5.73 Å². The van der Waals surface area contributed by atoms with Gasteiger partial charge in [-0.3, -0.25) is 4.79 Å². The van der Waals surface area contributed by atoms with Crippen molar-refractivity contribution in [2.75, 3.05) is 25.0 Å². The van der Waals surface area contributed by atoms with Gasteiger partial charge in [0.2, 0.25) is 0 Å². The SMILES string of the molecule is CC(O)CNCCNc1ncccc1C(N)=O. The van der Waals surface area contributed by atoms with E-state index in [1.165, 1.54) is 0 Å². The molecule has 1 atom stereocenters. The minimum Gasteiger partial charge on any atom is -0.392 e. The van der Waals surface area contributed by atoms with Crippen LogP contribution in [0.5, 0.6) is 0 Å².